The van der Waals surface area contributed by atoms with Gasteiger partial charge in [-0.3, -0.25) is 4.98 Å². The van der Waals surface area contributed by atoms with E-state index in [1.165, 1.54) is 53.3 Å². The van der Waals surface area contributed by atoms with Crippen LogP contribution in [0.15, 0.2) is 52.9 Å². The Hall–Kier alpha value is -3.20. The van der Waals surface area contributed by atoms with Crippen LogP contribution in [0.4, 0.5) is 0 Å². The Morgan fingerprint density at radius 1 is 0.848 bits per heavy atom. The highest BCUT2D eigenvalue weighted by Crippen LogP contribution is 2.41. The molecule has 33 heavy (non-hydrogen) atoms. The Kier molecular flexibility index (Phi) is 4.76. The van der Waals surface area contributed by atoms with Crippen LogP contribution in [0.2, 0.25) is 0 Å². The second-order valence-corrected chi connectivity index (χ2v) is 10.1. The highest BCUT2D eigenvalue weighted by molar-refractivity contribution is 6.11. The van der Waals surface area contributed by atoms with Crippen molar-refractivity contribution in [3.63, 3.8) is 0 Å². The van der Waals surface area contributed by atoms with E-state index in [4.69, 9.17) is 9.40 Å². The van der Waals surface area contributed by atoms with Crippen LogP contribution >= 0.6 is 0 Å². The molecule has 166 valence electrons. The summed E-state index contributed by atoms with van der Waals surface area (Å²) in [5.41, 5.74) is 8.48. The summed E-state index contributed by atoms with van der Waals surface area (Å²) in [6.45, 7) is 8.68. The first-order valence-corrected chi connectivity index (χ1v) is 12.2. The van der Waals surface area contributed by atoms with Crippen molar-refractivity contribution >= 4 is 32.8 Å². The number of aryl methyl sites for hydroxylation is 2. The molecule has 0 aliphatic heterocycles. The van der Waals surface area contributed by atoms with Gasteiger partial charge in [0.15, 0.2) is 0 Å². The number of furan rings is 1. The summed E-state index contributed by atoms with van der Waals surface area (Å²) < 4.78 is 6.40. The summed E-state index contributed by atoms with van der Waals surface area (Å²) >= 11 is 0. The average molecular weight is 435 g/mol. The number of fused-ring (bicyclic) bond motifs is 4. The van der Waals surface area contributed by atoms with Crippen LogP contribution in [0.3, 0.4) is 0 Å². The molecule has 1 aliphatic rings. The van der Waals surface area contributed by atoms with Gasteiger partial charge in [0, 0.05) is 39.0 Å². The van der Waals surface area contributed by atoms with E-state index in [9.17, 15) is 0 Å². The average Bonchev–Trinajstić information content (AvgIpc) is 3.45. The Morgan fingerprint density at radius 2 is 1.64 bits per heavy atom. The Labute approximate surface area is 194 Å². The first kappa shape index (κ1) is 20.4. The summed E-state index contributed by atoms with van der Waals surface area (Å²) in [5.74, 6) is 1.05. The first-order chi connectivity index (χ1) is 16.0. The lowest BCUT2D eigenvalue weighted by molar-refractivity contribution is 0.653. The zero-order valence-electron chi connectivity index (χ0n) is 19.9. The fraction of sp³-hybridized carbons (Fsp3) is 0.333. The predicted octanol–water partition coefficient (Wildman–Crippen LogP) is 8.59. The maximum Gasteiger partial charge on any atom is 0.227 e. The van der Waals surface area contributed by atoms with Crippen LogP contribution in [0, 0.1) is 13.8 Å². The van der Waals surface area contributed by atoms with E-state index in [2.05, 4.69) is 74.3 Å². The lowest BCUT2D eigenvalue weighted by atomic mass is 9.93. The lowest BCUT2D eigenvalue weighted by Gasteiger charge is -2.16. The number of pyridine rings is 2. The summed E-state index contributed by atoms with van der Waals surface area (Å²) in [6, 6.07) is 17.8. The van der Waals surface area contributed by atoms with Gasteiger partial charge in [-0.15, -0.1) is 0 Å². The number of nitrogens with zero attached hydrogens (tertiary/aromatic N) is 2. The van der Waals surface area contributed by atoms with Gasteiger partial charge in [0.05, 0.1) is 5.69 Å². The minimum atomic E-state index is 0.497. The second-order valence-electron chi connectivity index (χ2n) is 10.1. The number of hydrogen-bond donors (Lipinski definition) is 0. The lowest BCUT2D eigenvalue weighted by Crippen LogP contribution is -2.00. The molecule has 0 amide bonds. The van der Waals surface area contributed by atoms with Gasteiger partial charge in [-0.05, 0) is 79.5 Å². The van der Waals surface area contributed by atoms with Gasteiger partial charge in [0.2, 0.25) is 5.71 Å². The number of benzene rings is 2. The van der Waals surface area contributed by atoms with Gasteiger partial charge in [-0.1, -0.05) is 44.9 Å². The van der Waals surface area contributed by atoms with Crippen molar-refractivity contribution in [1.82, 2.24) is 9.97 Å². The largest absolute Gasteiger partial charge is 0.437 e. The van der Waals surface area contributed by atoms with Crippen LogP contribution in [0.25, 0.3) is 44.1 Å². The highest BCUT2D eigenvalue weighted by atomic mass is 16.3. The molecule has 3 nitrogen and oxygen atoms in total. The summed E-state index contributed by atoms with van der Waals surface area (Å²) in [5, 5.41) is 4.66. The molecule has 1 aliphatic carbocycles. The summed E-state index contributed by atoms with van der Waals surface area (Å²) in [7, 11) is 0. The van der Waals surface area contributed by atoms with E-state index in [-0.39, 0.29) is 0 Å². The van der Waals surface area contributed by atoms with Crippen LogP contribution in [0.1, 0.15) is 73.9 Å². The van der Waals surface area contributed by atoms with Crippen molar-refractivity contribution in [3.05, 3.63) is 71.0 Å². The van der Waals surface area contributed by atoms with Crippen molar-refractivity contribution in [2.24, 2.45) is 0 Å². The van der Waals surface area contributed by atoms with Crippen molar-refractivity contribution in [3.8, 4) is 11.3 Å². The van der Waals surface area contributed by atoms with E-state index in [1.807, 2.05) is 6.92 Å². The third-order valence-corrected chi connectivity index (χ3v) is 7.29. The second kappa shape index (κ2) is 7.69. The van der Waals surface area contributed by atoms with Gasteiger partial charge in [-0.2, -0.15) is 0 Å². The molecule has 3 heteroatoms. The predicted molar refractivity (Wildman–Crippen MR) is 137 cm³/mol. The molecule has 0 radical (unpaired) electrons. The molecule has 0 N–H and O–H groups in total. The Balaban J connectivity index is 1.68. The smallest absolute Gasteiger partial charge is 0.227 e. The van der Waals surface area contributed by atoms with Crippen LogP contribution < -0.4 is 0 Å². The first-order valence-electron chi connectivity index (χ1n) is 12.2. The number of rotatable bonds is 3. The SMILES string of the molecule is Cc1cc(-c2nc(C3CCCC3)cc3cc(C(C)C)ccc23)c2oc3nc(C)ccc3c2c1. The maximum absolute atomic E-state index is 6.40. The van der Waals surface area contributed by atoms with Gasteiger partial charge in [0.1, 0.15) is 5.58 Å². The number of aromatic nitrogens is 2. The molecule has 1 fully saturated rings. The van der Waals surface area contributed by atoms with E-state index >= 15 is 0 Å². The van der Waals surface area contributed by atoms with Crippen molar-refractivity contribution < 1.29 is 4.42 Å². The molecular weight excluding hydrogens is 404 g/mol. The maximum atomic E-state index is 6.40. The highest BCUT2D eigenvalue weighted by Gasteiger charge is 2.23. The number of hydrogen-bond acceptors (Lipinski definition) is 3. The van der Waals surface area contributed by atoms with E-state index < -0.39 is 0 Å². The third-order valence-electron chi connectivity index (χ3n) is 7.29. The standard InChI is InChI=1S/C30H30N2O/c1-17(2)21-10-12-23-22(15-21)16-27(20-7-5-6-8-20)32-28(23)26-14-18(3)13-25-24-11-9-19(4)31-30(24)33-29(25)26/h9-17,20H,5-8H2,1-4H3. The zero-order chi connectivity index (χ0) is 22.7. The topological polar surface area (TPSA) is 38.9 Å². The molecule has 3 heterocycles. The molecule has 6 rings (SSSR count). The fourth-order valence-electron chi connectivity index (χ4n) is 5.46. The van der Waals surface area contributed by atoms with Crippen molar-refractivity contribution in [2.75, 3.05) is 0 Å². The molecule has 0 saturated heterocycles. The minimum absolute atomic E-state index is 0.497. The van der Waals surface area contributed by atoms with Crippen LogP contribution in [0.5, 0.6) is 0 Å². The fourth-order valence-corrected chi connectivity index (χ4v) is 5.46. The molecule has 5 aromatic rings. The van der Waals surface area contributed by atoms with Gasteiger partial charge in [-0.25, -0.2) is 4.98 Å². The quantitative estimate of drug-likeness (QED) is 0.285. The molecule has 0 unspecified atom stereocenters. The molecule has 0 bridgehead atoms. The van der Waals surface area contributed by atoms with Gasteiger partial charge >= 0.3 is 0 Å². The van der Waals surface area contributed by atoms with Gasteiger partial charge in [0.25, 0.3) is 0 Å². The van der Waals surface area contributed by atoms with E-state index in [0.29, 0.717) is 17.5 Å². The van der Waals surface area contributed by atoms with Crippen LogP contribution in [-0.4, -0.2) is 9.97 Å². The minimum Gasteiger partial charge on any atom is -0.437 e. The van der Waals surface area contributed by atoms with E-state index in [0.717, 1.165) is 33.3 Å². The van der Waals surface area contributed by atoms with Crippen molar-refractivity contribution in [2.45, 2.75) is 65.2 Å². The molecule has 1 saturated carbocycles. The summed E-state index contributed by atoms with van der Waals surface area (Å²) in [6.07, 6.45) is 5.07. The normalized spacial score (nSPS) is 14.9. The monoisotopic (exact) mass is 434 g/mol. The Bertz CT molecular complexity index is 1520. The van der Waals surface area contributed by atoms with Crippen molar-refractivity contribution in [1.29, 1.82) is 0 Å². The molecule has 0 atom stereocenters. The molecule has 3 aromatic heterocycles. The molecule has 0 spiro atoms. The zero-order valence-corrected chi connectivity index (χ0v) is 19.9. The molecule has 2 aromatic carbocycles. The van der Waals surface area contributed by atoms with Gasteiger partial charge < -0.3 is 4.42 Å². The third kappa shape index (κ3) is 3.42. The summed E-state index contributed by atoms with van der Waals surface area (Å²) in [4.78, 5) is 9.99. The van der Waals surface area contributed by atoms with Crippen LogP contribution in [-0.2, 0) is 0 Å². The Morgan fingerprint density at radius 3 is 2.42 bits per heavy atom. The molecular formula is C30H30N2O. The van der Waals surface area contributed by atoms with E-state index in [1.54, 1.807) is 0 Å².